The summed E-state index contributed by atoms with van der Waals surface area (Å²) in [5, 5.41) is 8.67. The molecule has 2 heterocycles. The Labute approximate surface area is 103 Å². The van der Waals surface area contributed by atoms with Crippen LogP contribution in [0, 0.1) is 0 Å². The zero-order valence-electron chi connectivity index (χ0n) is 9.30. The lowest BCUT2D eigenvalue weighted by atomic mass is 10.3. The maximum absolute atomic E-state index is 11.4. The minimum absolute atomic E-state index is 0.192. The van der Waals surface area contributed by atoms with E-state index in [9.17, 15) is 4.79 Å². The highest BCUT2D eigenvalue weighted by atomic mass is 32.1. The number of amides is 1. The lowest BCUT2D eigenvalue weighted by Gasteiger charge is -2.05. The molecule has 2 aromatic heterocycles. The van der Waals surface area contributed by atoms with Gasteiger partial charge in [-0.2, -0.15) is 0 Å². The summed E-state index contributed by atoms with van der Waals surface area (Å²) in [5.74, 6) is -0.192. The van der Waals surface area contributed by atoms with Gasteiger partial charge in [-0.05, 0) is 12.1 Å². The number of thiazole rings is 1. The van der Waals surface area contributed by atoms with Crippen molar-refractivity contribution in [3.05, 3.63) is 40.6 Å². The summed E-state index contributed by atoms with van der Waals surface area (Å²) in [5.41, 5.74) is 1.26. The van der Waals surface area contributed by atoms with E-state index < -0.39 is 0 Å². The Morgan fingerprint density at radius 2 is 2.29 bits per heavy atom. The van der Waals surface area contributed by atoms with Crippen molar-refractivity contribution in [3.63, 3.8) is 0 Å². The number of carbonyl (C=O) groups excluding carboxylic acids is 1. The quantitative estimate of drug-likeness (QED) is 0.860. The van der Waals surface area contributed by atoms with Crippen LogP contribution in [0.2, 0.25) is 0 Å². The zero-order valence-corrected chi connectivity index (χ0v) is 10.1. The maximum atomic E-state index is 11.4. The molecule has 0 spiro atoms. The first-order chi connectivity index (χ1) is 8.29. The van der Waals surface area contributed by atoms with E-state index in [0.717, 1.165) is 10.7 Å². The van der Waals surface area contributed by atoms with Crippen LogP contribution in [0.1, 0.15) is 15.5 Å². The average molecular weight is 248 g/mol. The minimum atomic E-state index is -0.192. The monoisotopic (exact) mass is 248 g/mol. The third-order valence-corrected chi connectivity index (χ3v) is 2.93. The van der Waals surface area contributed by atoms with Crippen molar-refractivity contribution in [2.75, 3.05) is 12.4 Å². The second kappa shape index (κ2) is 5.40. The van der Waals surface area contributed by atoms with Crippen molar-refractivity contribution in [1.82, 2.24) is 15.3 Å². The van der Waals surface area contributed by atoms with Crippen LogP contribution in [0.4, 0.5) is 5.69 Å². The summed E-state index contributed by atoms with van der Waals surface area (Å²) in [6, 6.07) is 3.53. The normalized spacial score (nSPS) is 9.94. The molecule has 0 radical (unpaired) electrons. The fourth-order valence-electron chi connectivity index (χ4n) is 1.31. The number of pyridine rings is 1. The van der Waals surface area contributed by atoms with Crippen molar-refractivity contribution in [2.24, 2.45) is 0 Å². The minimum Gasteiger partial charge on any atom is -0.378 e. The Kier molecular flexibility index (Phi) is 3.66. The molecule has 2 N–H and O–H groups in total. The fraction of sp³-hybridized carbons (Fsp3) is 0.182. The SMILES string of the molecule is CNC(=O)c1cc(NCc2nccs2)ccn1. The number of aromatic nitrogens is 2. The zero-order chi connectivity index (χ0) is 12.1. The summed E-state index contributed by atoms with van der Waals surface area (Å²) in [4.78, 5) is 19.5. The second-order valence-corrected chi connectivity index (χ2v) is 4.27. The topological polar surface area (TPSA) is 66.9 Å². The van der Waals surface area contributed by atoms with Crippen molar-refractivity contribution in [1.29, 1.82) is 0 Å². The lowest BCUT2D eigenvalue weighted by Crippen LogP contribution is -2.19. The fourth-order valence-corrected chi connectivity index (χ4v) is 1.87. The van der Waals surface area contributed by atoms with Gasteiger partial charge in [0.1, 0.15) is 10.7 Å². The molecule has 0 aromatic carbocycles. The molecule has 0 aliphatic heterocycles. The Morgan fingerprint density at radius 3 is 3.00 bits per heavy atom. The van der Waals surface area contributed by atoms with Crippen LogP contribution in [-0.4, -0.2) is 22.9 Å². The van der Waals surface area contributed by atoms with E-state index in [1.54, 1.807) is 36.8 Å². The molecule has 0 saturated carbocycles. The molecule has 5 nitrogen and oxygen atoms in total. The molecule has 0 aliphatic carbocycles. The van der Waals surface area contributed by atoms with Crippen molar-refractivity contribution < 1.29 is 4.79 Å². The highest BCUT2D eigenvalue weighted by Crippen LogP contribution is 2.11. The van der Waals surface area contributed by atoms with E-state index in [1.165, 1.54) is 0 Å². The van der Waals surface area contributed by atoms with E-state index in [1.807, 2.05) is 11.4 Å². The van der Waals surface area contributed by atoms with Crippen molar-refractivity contribution in [2.45, 2.75) is 6.54 Å². The molecule has 0 fully saturated rings. The number of carbonyl (C=O) groups is 1. The van der Waals surface area contributed by atoms with Gasteiger partial charge in [0.15, 0.2) is 0 Å². The molecule has 6 heteroatoms. The highest BCUT2D eigenvalue weighted by molar-refractivity contribution is 7.09. The Morgan fingerprint density at radius 1 is 1.41 bits per heavy atom. The van der Waals surface area contributed by atoms with Gasteiger partial charge in [0, 0.05) is 30.5 Å². The van der Waals surface area contributed by atoms with Gasteiger partial charge < -0.3 is 10.6 Å². The third-order valence-electron chi connectivity index (χ3n) is 2.15. The molecule has 0 saturated heterocycles. The standard InChI is InChI=1S/C11H12N4OS/c1-12-11(16)9-6-8(2-3-13-9)15-7-10-14-4-5-17-10/h2-6H,7H2,1H3,(H,12,16)(H,13,15). The number of anilines is 1. The van der Waals surface area contributed by atoms with Gasteiger partial charge in [0.2, 0.25) is 0 Å². The van der Waals surface area contributed by atoms with E-state index in [4.69, 9.17) is 0 Å². The van der Waals surface area contributed by atoms with Gasteiger partial charge >= 0.3 is 0 Å². The first-order valence-corrected chi connectivity index (χ1v) is 5.98. The predicted octanol–water partition coefficient (Wildman–Crippen LogP) is 1.51. The summed E-state index contributed by atoms with van der Waals surface area (Å²) >= 11 is 1.59. The number of nitrogens with one attached hydrogen (secondary N) is 2. The Hall–Kier alpha value is -1.95. The molecule has 17 heavy (non-hydrogen) atoms. The van der Waals surface area contributed by atoms with Crippen LogP contribution in [0.25, 0.3) is 0 Å². The molecule has 88 valence electrons. The Balaban J connectivity index is 2.03. The number of nitrogens with zero attached hydrogens (tertiary/aromatic N) is 2. The summed E-state index contributed by atoms with van der Waals surface area (Å²) in [7, 11) is 1.58. The predicted molar refractivity (Wildman–Crippen MR) is 67.1 cm³/mol. The molecule has 0 unspecified atom stereocenters. The largest absolute Gasteiger partial charge is 0.378 e. The van der Waals surface area contributed by atoms with E-state index >= 15 is 0 Å². The van der Waals surface area contributed by atoms with Gasteiger partial charge in [-0.3, -0.25) is 9.78 Å². The molecule has 0 bridgehead atoms. The molecule has 0 aliphatic rings. The molecule has 0 atom stereocenters. The van der Waals surface area contributed by atoms with E-state index in [0.29, 0.717) is 12.2 Å². The van der Waals surface area contributed by atoms with Crippen LogP contribution < -0.4 is 10.6 Å². The molecular weight excluding hydrogens is 236 g/mol. The molecule has 1 amide bonds. The van der Waals surface area contributed by atoms with Gasteiger partial charge in [-0.1, -0.05) is 0 Å². The third kappa shape index (κ3) is 3.01. The number of rotatable bonds is 4. The molecular formula is C11H12N4OS. The van der Waals surface area contributed by atoms with Crippen molar-refractivity contribution in [3.8, 4) is 0 Å². The summed E-state index contributed by atoms with van der Waals surface area (Å²) in [6.07, 6.45) is 3.37. The van der Waals surface area contributed by atoms with Gasteiger partial charge in [0.25, 0.3) is 5.91 Å². The number of hydrogen-bond acceptors (Lipinski definition) is 5. The average Bonchev–Trinajstić information content (AvgIpc) is 2.89. The highest BCUT2D eigenvalue weighted by Gasteiger charge is 2.05. The first-order valence-electron chi connectivity index (χ1n) is 5.10. The van der Waals surface area contributed by atoms with Crippen LogP contribution in [0.5, 0.6) is 0 Å². The lowest BCUT2D eigenvalue weighted by molar-refractivity contribution is 0.0958. The van der Waals surface area contributed by atoms with Gasteiger partial charge in [0.05, 0.1) is 6.54 Å². The van der Waals surface area contributed by atoms with Crippen LogP contribution >= 0.6 is 11.3 Å². The van der Waals surface area contributed by atoms with Crippen LogP contribution in [0.3, 0.4) is 0 Å². The summed E-state index contributed by atoms with van der Waals surface area (Å²) < 4.78 is 0. The van der Waals surface area contributed by atoms with Gasteiger partial charge in [-0.15, -0.1) is 11.3 Å². The smallest absolute Gasteiger partial charge is 0.269 e. The second-order valence-electron chi connectivity index (χ2n) is 3.29. The molecule has 2 rings (SSSR count). The van der Waals surface area contributed by atoms with Crippen LogP contribution in [-0.2, 0) is 6.54 Å². The Bertz CT molecular complexity index is 498. The maximum Gasteiger partial charge on any atom is 0.269 e. The van der Waals surface area contributed by atoms with Crippen molar-refractivity contribution >= 4 is 22.9 Å². The molecule has 2 aromatic rings. The van der Waals surface area contributed by atoms with Crippen LogP contribution in [0.15, 0.2) is 29.9 Å². The van der Waals surface area contributed by atoms with E-state index in [2.05, 4.69) is 20.6 Å². The summed E-state index contributed by atoms with van der Waals surface area (Å²) in [6.45, 7) is 0.648. The van der Waals surface area contributed by atoms with E-state index in [-0.39, 0.29) is 5.91 Å². The van der Waals surface area contributed by atoms with Gasteiger partial charge in [-0.25, -0.2) is 4.98 Å². The number of hydrogen-bond donors (Lipinski definition) is 2. The first kappa shape index (κ1) is 11.5.